The maximum atomic E-state index is 13.0. The van der Waals surface area contributed by atoms with Gasteiger partial charge in [-0.1, -0.05) is 30.3 Å². The Morgan fingerprint density at radius 3 is 2.54 bits per heavy atom. The molecule has 0 aliphatic rings. The van der Waals surface area contributed by atoms with E-state index in [1.165, 1.54) is 6.07 Å². The molecule has 2 aromatic carbocycles. The third-order valence-corrected chi connectivity index (χ3v) is 4.22. The number of nitrogens with one attached hydrogen (secondary N) is 1. The molecular weight excluding hydrogens is 343 g/mol. The fraction of sp³-hybridized carbons (Fsp3) is 0.111. The van der Waals surface area contributed by atoms with Gasteiger partial charge in [0.15, 0.2) is 11.5 Å². The van der Waals surface area contributed by atoms with Crippen molar-refractivity contribution >= 4 is 16.7 Å². The number of rotatable bonds is 3. The molecule has 0 atom stereocenters. The monoisotopic (exact) mass is 357 g/mol. The van der Waals surface area contributed by atoms with E-state index < -0.39 is 11.7 Å². The zero-order chi connectivity index (χ0) is 18.3. The van der Waals surface area contributed by atoms with Crippen LogP contribution in [-0.2, 0) is 12.7 Å². The molecule has 0 amide bonds. The van der Waals surface area contributed by atoms with Crippen LogP contribution in [0.15, 0.2) is 54.6 Å². The van der Waals surface area contributed by atoms with Crippen molar-refractivity contribution in [3.05, 3.63) is 65.7 Å². The number of fused-ring (bicyclic) bond motifs is 1. The Morgan fingerprint density at radius 1 is 1.00 bits per heavy atom. The lowest BCUT2D eigenvalue weighted by Crippen LogP contribution is -2.07. The minimum Gasteiger partial charge on any atom is -0.380 e. The summed E-state index contributed by atoms with van der Waals surface area (Å²) >= 11 is 0. The van der Waals surface area contributed by atoms with Crippen LogP contribution in [0.4, 0.5) is 19.0 Å². The highest BCUT2D eigenvalue weighted by atomic mass is 19.4. The second-order valence-corrected chi connectivity index (χ2v) is 5.93. The van der Waals surface area contributed by atoms with E-state index in [0.717, 1.165) is 23.0 Å². The van der Waals surface area contributed by atoms with Crippen LogP contribution in [0.2, 0.25) is 0 Å². The van der Waals surface area contributed by atoms with E-state index in [1.807, 2.05) is 34.9 Å². The Bertz CT molecular complexity index is 1080. The number of nitrogens with zero attached hydrogens (tertiary/aromatic N) is 3. The Balaban J connectivity index is 1.85. The van der Waals surface area contributed by atoms with Gasteiger partial charge in [0.05, 0.1) is 11.3 Å². The van der Waals surface area contributed by atoms with Crippen LogP contribution in [0.25, 0.3) is 22.3 Å². The van der Waals surface area contributed by atoms with Gasteiger partial charge in [-0.2, -0.15) is 23.5 Å². The van der Waals surface area contributed by atoms with Gasteiger partial charge in [0.1, 0.15) is 0 Å². The third kappa shape index (κ3) is 2.79. The number of alkyl halides is 3. The Labute approximate surface area is 146 Å². The Kier molecular flexibility index (Phi) is 3.68. The predicted molar refractivity (Wildman–Crippen MR) is 92.3 cm³/mol. The average molecular weight is 357 g/mol. The first-order chi connectivity index (χ1) is 12.4. The number of nitrogens with two attached hydrogens (primary N) is 1. The van der Waals surface area contributed by atoms with Crippen molar-refractivity contribution in [3.8, 4) is 11.4 Å². The number of para-hydroxylation sites is 1. The number of hydrogen-bond donors (Lipinski definition) is 2. The second kappa shape index (κ2) is 5.91. The van der Waals surface area contributed by atoms with E-state index in [1.54, 1.807) is 6.07 Å². The maximum Gasteiger partial charge on any atom is 0.416 e. The first-order valence-electron chi connectivity index (χ1n) is 7.84. The number of aromatic amines is 1. The molecule has 5 nitrogen and oxygen atoms in total. The van der Waals surface area contributed by atoms with E-state index in [-0.39, 0.29) is 12.4 Å². The topological polar surface area (TPSA) is 72.5 Å². The molecule has 0 fully saturated rings. The van der Waals surface area contributed by atoms with Crippen molar-refractivity contribution in [1.82, 2.24) is 20.0 Å². The summed E-state index contributed by atoms with van der Waals surface area (Å²) in [4.78, 5) is 0. The van der Waals surface area contributed by atoms with Crippen LogP contribution in [-0.4, -0.2) is 20.0 Å². The summed E-state index contributed by atoms with van der Waals surface area (Å²) in [6, 6.07) is 14.8. The van der Waals surface area contributed by atoms with E-state index in [9.17, 15) is 13.2 Å². The van der Waals surface area contributed by atoms with Crippen molar-refractivity contribution in [2.24, 2.45) is 0 Å². The molecular formula is C18H14F3N5. The summed E-state index contributed by atoms with van der Waals surface area (Å²) in [5.74, 6) is 0.234. The van der Waals surface area contributed by atoms with Gasteiger partial charge in [0.25, 0.3) is 0 Å². The minimum atomic E-state index is -4.38. The van der Waals surface area contributed by atoms with Crippen molar-refractivity contribution in [1.29, 1.82) is 0 Å². The van der Waals surface area contributed by atoms with Crippen molar-refractivity contribution in [2.75, 3.05) is 5.73 Å². The van der Waals surface area contributed by atoms with Gasteiger partial charge in [0.2, 0.25) is 0 Å². The number of nitrogen functional groups attached to an aromatic ring is 1. The van der Waals surface area contributed by atoms with E-state index >= 15 is 0 Å². The summed E-state index contributed by atoms with van der Waals surface area (Å²) in [6.45, 7) is 0.249. The highest BCUT2D eigenvalue weighted by Gasteiger charge is 2.30. The summed E-state index contributed by atoms with van der Waals surface area (Å²) in [7, 11) is 0. The zero-order valence-electron chi connectivity index (χ0n) is 13.5. The number of H-pyrrole nitrogens is 1. The quantitative estimate of drug-likeness (QED) is 0.580. The summed E-state index contributed by atoms with van der Waals surface area (Å²) in [5, 5.41) is 11.3. The van der Waals surface area contributed by atoms with E-state index in [0.29, 0.717) is 17.0 Å². The van der Waals surface area contributed by atoms with E-state index in [2.05, 4.69) is 15.4 Å². The number of anilines is 1. The van der Waals surface area contributed by atoms with Gasteiger partial charge in [0, 0.05) is 17.4 Å². The summed E-state index contributed by atoms with van der Waals surface area (Å²) in [5.41, 5.74) is 7.76. The van der Waals surface area contributed by atoms with E-state index in [4.69, 9.17) is 5.73 Å². The molecule has 2 aromatic heterocycles. The normalized spacial score (nSPS) is 12.0. The van der Waals surface area contributed by atoms with Crippen molar-refractivity contribution < 1.29 is 13.2 Å². The highest BCUT2D eigenvalue weighted by molar-refractivity contribution is 5.88. The predicted octanol–water partition coefficient (Wildman–Crippen LogP) is 4.08. The molecule has 26 heavy (non-hydrogen) atoms. The molecule has 4 aromatic rings. The highest BCUT2D eigenvalue weighted by Crippen LogP contribution is 2.32. The molecule has 0 spiro atoms. The van der Waals surface area contributed by atoms with Gasteiger partial charge in [-0.3, -0.25) is 0 Å². The molecule has 0 radical (unpaired) electrons. The molecule has 0 aliphatic carbocycles. The summed E-state index contributed by atoms with van der Waals surface area (Å²) in [6.07, 6.45) is -4.38. The number of hydrogen-bond acceptors (Lipinski definition) is 3. The van der Waals surface area contributed by atoms with Gasteiger partial charge < -0.3 is 10.3 Å². The lowest BCUT2D eigenvalue weighted by atomic mass is 10.1. The number of halogens is 3. The van der Waals surface area contributed by atoms with Gasteiger partial charge in [-0.25, -0.2) is 0 Å². The lowest BCUT2D eigenvalue weighted by Gasteiger charge is -2.12. The molecule has 2 heterocycles. The number of benzene rings is 2. The fourth-order valence-corrected chi connectivity index (χ4v) is 3.03. The van der Waals surface area contributed by atoms with Crippen LogP contribution >= 0.6 is 0 Å². The van der Waals surface area contributed by atoms with Gasteiger partial charge >= 0.3 is 6.18 Å². The molecule has 0 bridgehead atoms. The molecule has 3 N–H and O–H groups in total. The SMILES string of the molecule is Nc1n[nH]nc1-c1cc2ccccc2n1Cc1cccc(C(F)(F)F)c1. The maximum absolute atomic E-state index is 13.0. The fourth-order valence-electron chi connectivity index (χ4n) is 3.03. The average Bonchev–Trinajstić information content (AvgIpc) is 3.18. The molecule has 0 aliphatic heterocycles. The largest absolute Gasteiger partial charge is 0.416 e. The molecule has 0 unspecified atom stereocenters. The molecule has 0 saturated heterocycles. The van der Waals surface area contributed by atoms with Gasteiger partial charge in [-0.15, -0.1) is 5.10 Å². The van der Waals surface area contributed by atoms with Gasteiger partial charge in [-0.05, 0) is 29.8 Å². The minimum absolute atomic E-state index is 0.234. The first kappa shape index (κ1) is 16.2. The smallest absolute Gasteiger partial charge is 0.380 e. The zero-order valence-corrected chi connectivity index (χ0v) is 13.5. The Morgan fingerprint density at radius 2 is 1.81 bits per heavy atom. The first-order valence-corrected chi connectivity index (χ1v) is 7.84. The standard InChI is InChI=1S/C18H14F3N5/c19-18(20,21)13-6-3-4-11(8-13)10-26-14-7-2-1-5-12(14)9-15(26)16-17(22)24-25-23-16/h1-9H,10H2,(H3,22,23,24,25). The molecule has 8 heteroatoms. The van der Waals surface area contributed by atoms with Crippen molar-refractivity contribution in [2.45, 2.75) is 12.7 Å². The molecule has 4 rings (SSSR count). The molecule has 132 valence electrons. The summed E-state index contributed by atoms with van der Waals surface area (Å²) < 4.78 is 40.9. The second-order valence-electron chi connectivity index (χ2n) is 5.93. The van der Waals surface area contributed by atoms with Crippen LogP contribution in [0.3, 0.4) is 0 Å². The van der Waals surface area contributed by atoms with Crippen LogP contribution in [0.5, 0.6) is 0 Å². The Hall–Kier alpha value is -3.29. The lowest BCUT2D eigenvalue weighted by molar-refractivity contribution is -0.137. The van der Waals surface area contributed by atoms with Crippen LogP contribution < -0.4 is 5.73 Å². The van der Waals surface area contributed by atoms with Crippen LogP contribution in [0.1, 0.15) is 11.1 Å². The number of aromatic nitrogens is 4. The molecule has 0 saturated carbocycles. The van der Waals surface area contributed by atoms with Crippen LogP contribution in [0, 0.1) is 0 Å². The van der Waals surface area contributed by atoms with Crippen molar-refractivity contribution in [3.63, 3.8) is 0 Å². The third-order valence-electron chi connectivity index (χ3n) is 4.22.